The molecule has 0 fully saturated rings. The molecule has 0 aromatic heterocycles. The second kappa shape index (κ2) is 32.2. The summed E-state index contributed by atoms with van der Waals surface area (Å²) in [5, 5.41) is 21.2. The quantitative estimate of drug-likeness (QED) is 0.0138. The fourth-order valence-corrected chi connectivity index (χ4v) is 7.99. The van der Waals surface area contributed by atoms with Crippen LogP contribution in [0.5, 0.6) is 34.5 Å². The number of ether oxygens (including phenoxy) is 12. The Morgan fingerprint density at radius 3 is 0.689 bits per heavy atom. The lowest BCUT2D eigenvalue weighted by Gasteiger charge is -2.36. The van der Waals surface area contributed by atoms with E-state index in [0.717, 1.165) is 111 Å². The van der Waals surface area contributed by atoms with Crippen molar-refractivity contribution in [3.05, 3.63) is 205 Å². The van der Waals surface area contributed by atoms with E-state index in [1.54, 1.807) is 0 Å². The number of nitrogens with zero attached hydrogens (tertiary/aromatic N) is 18. The SMILES string of the molecule is COc1cc(C(=O)OC[C@@H](OC(=O)c2ccc(N=[N+]=[N-])c(OC)c2)[C@@H](OC(=O)c2ccc(N=[N+]=[N-])c(OC)c2)[C@H](OC(=O)c2ccc(N=[N+]=[N-])c(OC)c2)[C@@H](COC(=O)c2ccc(N=[N+]=[N-])c(OC)c2)OC(=O)c2ccc(N=[N+]=[N-])c(OC)c2)ccc1N=[N+]=[N-]. The first kappa shape index (κ1) is 65.9. The highest BCUT2D eigenvalue weighted by Crippen LogP contribution is 2.36. The third-order valence-electron chi connectivity index (χ3n) is 12.2. The minimum atomic E-state index is -2.50. The van der Waals surface area contributed by atoms with Crippen LogP contribution < -0.4 is 28.4 Å². The molecule has 0 saturated carbocycles. The highest BCUT2D eigenvalue weighted by molar-refractivity contribution is 5.95. The van der Waals surface area contributed by atoms with E-state index >= 15 is 0 Å². The highest BCUT2D eigenvalue weighted by Gasteiger charge is 2.47. The van der Waals surface area contributed by atoms with Gasteiger partial charge in [-0.3, -0.25) is 0 Å². The van der Waals surface area contributed by atoms with Crippen molar-refractivity contribution in [1.82, 2.24) is 0 Å². The standard InChI is InChI=1S/C54H44N18O18/c1-79-39-19-27(7-13-33(39)61-67-55)49(73)85-25-45(87-51(75)29-9-15-35(63-69-57)41(21-29)81-3)47(89-53(77)31-11-17-37(65-71-59)43(23-31)83-5)48(90-54(78)32-12-18-38(66-72-60)44(24-32)84-6)46(88-52(76)30-10-16-36(64-70-58)42(22-30)82-4)26-86-50(74)28-8-14-34(62-68-56)40(20-28)80-2/h7-24,45-48H,25-26H2,1-6H3/t45-,46-,47-,48-/m1/s1. The highest BCUT2D eigenvalue weighted by atomic mass is 16.6. The summed E-state index contributed by atoms with van der Waals surface area (Å²) in [5.41, 5.74) is 52.5. The molecule has 0 amide bonds. The van der Waals surface area contributed by atoms with E-state index in [1.165, 1.54) is 40.6 Å². The molecule has 0 aliphatic rings. The maximum Gasteiger partial charge on any atom is 0.338 e. The third kappa shape index (κ3) is 16.6. The molecule has 458 valence electrons. The number of rotatable bonds is 29. The summed E-state index contributed by atoms with van der Waals surface area (Å²) in [4.78, 5) is 104. The summed E-state index contributed by atoms with van der Waals surface area (Å²) in [6.45, 7) is -2.46. The summed E-state index contributed by atoms with van der Waals surface area (Å²) in [7, 11) is 7.07. The summed E-state index contributed by atoms with van der Waals surface area (Å²) in [6.07, 6.45) is -9.64. The Hall–Kier alpha value is -13.2. The Kier molecular flexibility index (Phi) is 23.6. The van der Waals surface area contributed by atoms with Gasteiger partial charge in [0.05, 0.1) is 110 Å². The van der Waals surface area contributed by atoms with E-state index in [4.69, 9.17) is 67.9 Å². The Morgan fingerprint density at radius 1 is 0.311 bits per heavy atom. The second-order valence-corrected chi connectivity index (χ2v) is 17.3. The van der Waals surface area contributed by atoms with Crippen LogP contribution >= 0.6 is 0 Å². The Morgan fingerprint density at radius 2 is 0.500 bits per heavy atom. The van der Waals surface area contributed by atoms with Crippen LogP contribution in [-0.4, -0.2) is 116 Å². The van der Waals surface area contributed by atoms with Crippen LogP contribution in [0.15, 0.2) is 140 Å². The van der Waals surface area contributed by atoms with Gasteiger partial charge in [0.25, 0.3) is 0 Å². The van der Waals surface area contributed by atoms with Crippen LogP contribution in [0.25, 0.3) is 62.7 Å². The molecule has 0 spiro atoms. The van der Waals surface area contributed by atoms with Crippen molar-refractivity contribution in [2.24, 2.45) is 30.7 Å². The summed E-state index contributed by atoms with van der Waals surface area (Å²) < 4.78 is 68.2. The molecule has 36 nitrogen and oxygen atoms in total. The zero-order valence-corrected chi connectivity index (χ0v) is 47.5. The Labute approximate surface area is 504 Å². The van der Waals surface area contributed by atoms with Crippen LogP contribution in [0.1, 0.15) is 62.1 Å². The van der Waals surface area contributed by atoms with Crippen molar-refractivity contribution < 1.29 is 85.6 Å². The lowest BCUT2D eigenvalue weighted by atomic mass is 10.0. The van der Waals surface area contributed by atoms with Gasteiger partial charge in [-0.15, -0.1) is 0 Å². The Balaban J connectivity index is 1.67. The molecule has 90 heavy (non-hydrogen) atoms. The monoisotopic (exact) mass is 1230 g/mol. The maximum absolute atomic E-state index is 15.0. The third-order valence-corrected chi connectivity index (χ3v) is 12.2. The number of benzene rings is 6. The molecule has 0 aliphatic heterocycles. The molecule has 0 saturated heterocycles. The summed E-state index contributed by atoms with van der Waals surface area (Å²) >= 11 is 0. The molecule has 0 bridgehead atoms. The minimum Gasteiger partial charge on any atom is -0.496 e. The molecule has 36 heteroatoms. The average Bonchev–Trinajstić information content (AvgIpc) is 1.02. The fraction of sp³-hybridized carbons (Fsp3) is 0.222. The number of carbonyl (C=O) groups excluding carboxylic acids is 6. The maximum atomic E-state index is 15.0. The van der Waals surface area contributed by atoms with Crippen molar-refractivity contribution in [3.63, 3.8) is 0 Å². The smallest absolute Gasteiger partial charge is 0.338 e. The van der Waals surface area contributed by atoms with Gasteiger partial charge >= 0.3 is 35.8 Å². The first-order chi connectivity index (χ1) is 43.5. The number of methoxy groups -OCH3 is 6. The van der Waals surface area contributed by atoms with Gasteiger partial charge in [-0.25, -0.2) is 28.8 Å². The molecule has 0 radical (unpaired) electrons. The lowest BCUT2D eigenvalue weighted by molar-refractivity contribution is -0.138. The topological polar surface area (TPSA) is 506 Å². The van der Waals surface area contributed by atoms with Crippen molar-refractivity contribution in [1.29, 1.82) is 0 Å². The van der Waals surface area contributed by atoms with Gasteiger partial charge in [0.15, 0.2) is 24.4 Å². The summed E-state index contributed by atoms with van der Waals surface area (Å²) in [6, 6.07) is 20.1. The van der Waals surface area contributed by atoms with Gasteiger partial charge in [-0.2, -0.15) is 0 Å². The normalized spacial score (nSPS) is 11.4. The number of esters is 6. The summed E-state index contributed by atoms with van der Waals surface area (Å²) in [5.74, 6) is -9.06. The van der Waals surface area contributed by atoms with E-state index in [2.05, 4.69) is 60.2 Å². The van der Waals surface area contributed by atoms with Crippen molar-refractivity contribution >= 4 is 69.9 Å². The van der Waals surface area contributed by atoms with Crippen molar-refractivity contribution in [2.45, 2.75) is 24.4 Å². The molecule has 0 unspecified atom stereocenters. The second-order valence-electron chi connectivity index (χ2n) is 17.3. The Bertz CT molecular complexity index is 3820. The molecular weight excluding hydrogens is 1190 g/mol. The van der Waals surface area contributed by atoms with Crippen molar-refractivity contribution in [2.75, 3.05) is 55.9 Å². The average molecular weight is 1230 g/mol. The van der Waals surface area contributed by atoms with Gasteiger partial charge in [-0.05, 0) is 142 Å². The van der Waals surface area contributed by atoms with Crippen LogP contribution in [0.2, 0.25) is 0 Å². The molecule has 6 rings (SSSR count). The molecule has 0 heterocycles. The zero-order chi connectivity index (χ0) is 65.3. The number of hydrogen-bond donors (Lipinski definition) is 0. The van der Waals surface area contributed by atoms with Gasteiger partial charge < -0.3 is 56.8 Å². The molecule has 0 aliphatic carbocycles. The molecular formula is C54H44N18O18. The number of hydrogen-bond acceptors (Lipinski definition) is 24. The number of carbonyl (C=O) groups is 6. The zero-order valence-electron chi connectivity index (χ0n) is 47.5. The van der Waals surface area contributed by atoms with Crippen LogP contribution in [0.4, 0.5) is 34.1 Å². The first-order valence-electron chi connectivity index (χ1n) is 25.1. The van der Waals surface area contributed by atoms with E-state index in [-0.39, 0.29) is 90.9 Å². The van der Waals surface area contributed by atoms with E-state index in [0.29, 0.717) is 0 Å². The predicted octanol–water partition coefficient (Wildman–Crippen LogP) is 13.3. The molecule has 6 aromatic carbocycles. The molecule has 4 atom stereocenters. The first-order valence-corrected chi connectivity index (χ1v) is 25.1. The van der Waals surface area contributed by atoms with Gasteiger partial charge in [0.1, 0.15) is 47.7 Å². The van der Waals surface area contributed by atoms with Gasteiger partial charge in [0.2, 0.25) is 0 Å². The van der Waals surface area contributed by atoms with Gasteiger partial charge in [0, 0.05) is 29.5 Å². The van der Waals surface area contributed by atoms with Crippen LogP contribution in [-0.2, 0) is 28.4 Å². The molecule has 0 N–H and O–H groups in total. The minimum absolute atomic E-state index is 0.0632. The van der Waals surface area contributed by atoms with E-state index in [9.17, 15) is 50.9 Å². The van der Waals surface area contributed by atoms with Gasteiger partial charge in [-0.1, -0.05) is 30.7 Å². The van der Waals surface area contributed by atoms with Crippen LogP contribution in [0, 0.1) is 0 Å². The number of azide groups is 6. The largest absolute Gasteiger partial charge is 0.496 e. The lowest BCUT2D eigenvalue weighted by Crippen LogP contribution is -2.54. The van der Waals surface area contributed by atoms with Crippen LogP contribution in [0.3, 0.4) is 0 Å². The molecule has 6 aromatic rings. The van der Waals surface area contributed by atoms with Crippen molar-refractivity contribution in [3.8, 4) is 34.5 Å². The van der Waals surface area contributed by atoms with E-state index in [1.807, 2.05) is 0 Å². The van der Waals surface area contributed by atoms with E-state index < -0.39 is 84.6 Å². The predicted molar refractivity (Wildman–Crippen MR) is 308 cm³/mol. The fourth-order valence-electron chi connectivity index (χ4n) is 7.99.